The number of hydrogen-bond acceptors (Lipinski definition) is 5. The number of aliphatic imine (C=N–C) groups is 2. The van der Waals surface area contributed by atoms with Gasteiger partial charge in [0.1, 0.15) is 11.8 Å². The van der Waals surface area contributed by atoms with Gasteiger partial charge in [-0.05, 0) is 18.9 Å². The van der Waals surface area contributed by atoms with Gasteiger partial charge in [0, 0.05) is 13.0 Å². The van der Waals surface area contributed by atoms with Gasteiger partial charge >= 0.3 is 5.97 Å². The molecule has 0 radical (unpaired) electrons. The second-order valence-corrected chi connectivity index (χ2v) is 5.03. The summed E-state index contributed by atoms with van der Waals surface area (Å²) in [5.41, 5.74) is 0.501. The Morgan fingerprint density at radius 2 is 2.17 bits per heavy atom. The number of carbonyl (C=O) groups excluding carboxylic acids is 1. The minimum Gasteiger partial charge on any atom is -0.477 e. The first-order valence-electron chi connectivity index (χ1n) is 5.47. The summed E-state index contributed by atoms with van der Waals surface area (Å²) in [5.74, 6) is -1.67. The Labute approximate surface area is 108 Å². The lowest BCUT2D eigenvalue weighted by Crippen LogP contribution is -2.24. The monoisotopic (exact) mass is 268 g/mol. The van der Waals surface area contributed by atoms with Crippen LogP contribution in [0.5, 0.6) is 0 Å². The number of fused-ring (bicyclic) bond motifs is 1. The minimum absolute atomic E-state index is 0.00624. The van der Waals surface area contributed by atoms with Crippen molar-refractivity contribution in [3.8, 4) is 0 Å². The molecular weight excluding hydrogens is 256 g/mol. The predicted octanol–water partition coefficient (Wildman–Crippen LogP) is 0.818. The summed E-state index contributed by atoms with van der Waals surface area (Å²) in [4.78, 5) is 31.1. The van der Waals surface area contributed by atoms with Gasteiger partial charge in [-0.1, -0.05) is 11.8 Å². The number of amidine groups is 1. The van der Waals surface area contributed by atoms with Gasteiger partial charge in [-0.15, -0.1) is 0 Å². The standard InChI is InChI=1S/C11H12N2O4S/c1-5-7-9(15)12-6(3-2-4-14)13-10(7)18-8(5)11(16)17/h7,14H,2-4H2,1H3,(H,16,17). The molecule has 0 saturated carbocycles. The molecule has 0 saturated heterocycles. The van der Waals surface area contributed by atoms with Crippen LogP contribution in [0.25, 0.3) is 0 Å². The lowest BCUT2D eigenvalue weighted by atomic mass is 9.99. The fraction of sp³-hybridized carbons (Fsp3) is 0.455. The normalized spacial score (nSPS) is 22.8. The molecule has 2 heterocycles. The third kappa shape index (κ3) is 2.23. The lowest BCUT2D eigenvalue weighted by Gasteiger charge is -2.14. The molecule has 96 valence electrons. The van der Waals surface area contributed by atoms with Crippen LogP contribution in [0.15, 0.2) is 20.5 Å². The van der Waals surface area contributed by atoms with Crippen molar-refractivity contribution in [2.75, 3.05) is 6.61 Å². The maximum Gasteiger partial charge on any atom is 0.342 e. The van der Waals surface area contributed by atoms with Crippen LogP contribution in [0.2, 0.25) is 0 Å². The van der Waals surface area contributed by atoms with Gasteiger partial charge in [0.2, 0.25) is 0 Å². The Balaban J connectivity index is 2.25. The summed E-state index contributed by atoms with van der Waals surface area (Å²) in [5, 5.41) is 18.2. The van der Waals surface area contributed by atoms with Gasteiger partial charge in [-0.2, -0.15) is 4.99 Å². The van der Waals surface area contributed by atoms with Crippen molar-refractivity contribution in [1.82, 2.24) is 0 Å². The fourth-order valence-electron chi connectivity index (χ4n) is 1.84. The predicted molar refractivity (Wildman–Crippen MR) is 67.6 cm³/mol. The molecule has 2 aliphatic heterocycles. The Hall–Kier alpha value is -1.47. The van der Waals surface area contributed by atoms with Gasteiger partial charge < -0.3 is 10.2 Å². The number of carboxylic acids is 1. The van der Waals surface area contributed by atoms with Crippen LogP contribution in [0.4, 0.5) is 0 Å². The van der Waals surface area contributed by atoms with E-state index in [-0.39, 0.29) is 17.4 Å². The Bertz CT molecular complexity index is 507. The molecular formula is C11H12N2O4S. The molecule has 1 amide bonds. The number of aliphatic hydroxyl groups excluding tert-OH is 1. The van der Waals surface area contributed by atoms with E-state index in [9.17, 15) is 9.59 Å². The topological polar surface area (TPSA) is 99.3 Å². The average Bonchev–Trinajstić information content (AvgIpc) is 2.64. The highest BCUT2D eigenvalue weighted by molar-refractivity contribution is 8.18. The number of carboxylic acid groups (broad SMARTS) is 1. The van der Waals surface area contributed by atoms with E-state index in [1.54, 1.807) is 6.92 Å². The second-order valence-electron chi connectivity index (χ2n) is 4.00. The van der Waals surface area contributed by atoms with Gasteiger partial charge in [0.05, 0.1) is 9.95 Å². The summed E-state index contributed by atoms with van der Waals surface area (Å²) < 4.78 is 0. The lowest BCUT2D eigenvalue weighted by molar-refractivity contribution is -0.131. The Morgan fingerprint density at radius 3 is 2.78 bits per heavy atom. The first-order valence-corrected chi connectivity index (χ1v) is 6.29. The zero-order valence-corrected chi connectivity index (χ0v) is 10.5. The Kier molecular flexibility index (Phi) is 3.63. The summed E-state index contributed by atoms with van der Waals surface area (Å²) in [6, 6.07) is 0. The van der Waals surface area contributed by atoms with Crippen LogP contribution in [0.3, 0.4) is 0 Å². The first-order chi connectivity index (χ1) is 8.54. The number of aliphatic hydroxyl groups is 1. The van der Waals surface area contributed by atoms with Gasteiger partial charge in [-0.3, -0.25) is 4.79 Å². The summed E-state index contributed by atoms with van der Waals surface area (Å²) in [6.45, 7) is 1.63. The van der Waals surface area contributed by atoms with E-state index >= 15 is 0 Å². The molecule has 6 nitrogen and oxygen atoms in total. The molecule has 2 aliphatic rings. The third-order valence-electron chi connectivity index (χ3n) is 2.72. The molecule has 1 atom stereocenters. The highest BCUT2D eigenvalue weighted by Gasteiger charge is 2.40. The minimum atomic E-state index is -1.04. The molecule has 2 N–H and O–H groups in total. The fourth-order valence-corrected chi connectivity index (χ4v) is 2.97. The van der Waals surface area contributed by atoms with Gasteiger partial charge in [-0.25, -0.2) is 9.79 Å². The highest BCUT2D eigenvalue weighted by atomic mass is 32.2. The molecule has 0 aliphatic carbocycles. The van der Waals surface area contributed by atoms with E-state index in [4.69, 9.17) is 10.2 Å². The number of nitrogens with zero attached hydrogens (tertiary/aromatic N) is 2. The van der Waals surface area contributed by atoms with E-state index in [0.29, 0.717) is 29.3 Å². The summed E-state index contributed by atoms with van der Waals surface area (Å²) in [6.07, 6.45) is 0.900. The number of thioether (sulfide) groups is 1. The molecule has 0 aromatic carbocycles. The van der Waals surface area contributed by atoms with E-state index in [2.05, 4.69) is 9.98 Å². The molecule has 0 bridgehead atoms. The maximum atomic E-state index is 11.9. The molecule has 1 unspecified atom stereocenters. The number of amides is 1. The van der Waals surface area contributed by atoms with E-state index in [0.717, 1.165) is 11.8 Å². The first kappa shape index (κ1) is 13.0. The summed E-state index contributed by atoms with van der Waals surface area (Å²) >= 11 is 1.02. The van der Waals surface area contributed by atoms with E-state index in [1.165, 1.54) is 0 Å². The molecule has 7 heteroatoms. The van der Waals surface area contributed by atoms with Crippen molar-refractivity contribution >= 4 is 34.5 Å². The van der Waals surface area contributed by atoms with E-state index < -0.39 is 11.9 Å². The van der Waals surface area contributed by atoms with Crippen molar-refractivity contribution in [1.29, 1.82) is 0 Å². The van der Waals surface area contributed by atoms with Gasteiger partial charge in [0.15, 0.2) is 0 Å². The summed E-state index contributed by atoms with van der Waals surface area (Å²) in [7, 11) is 0. The van der Waals surface area contributed by atoms with Crippen molar-refractivity contribution in [3.05, 3.63) is 10.5 Å². The molecule has 2 rings (SSSR count). The maximum absolute atomic E-state index is 11.9. The zero-order valence-electron chi connectivity index (χ0n) is 9.71. The van der Waals surface area contributed by atoms with Crippen LogP contribution >= 0.6 is 11.8 Å². The van der Waals surface area contributed by atoms with Crippen molar-refractivity contribution in [2.24, 2.45) is 15.9 Å². The third-order valence-corrected chi connectivity index (χ3v) is 3.96. The molecule has 0 aromatic heterocycles. The Morgan fingerprint density at radius 1 is 1.44 bits per heavy atom. The number of carbonyl (C=O) groups is 2. The van der Waals surface area contributed by atoms with E-state index in [1.807, 2.05) is 0 Å². The van der Waals surface area contributed by atoms with Crippen LogP contribution in [-0.2, 0) is 9.59 Å². The molecule has 0 fully saturated rings. The number of hydrogen-bond donors (Lipinski definition) is 2. The molecule has 18 heavy (non-hydrogen) atoms. The quantitative estimate of drug-likeness (QED) is 0.786. The van der Waals surface area contributed by atoms with Crippen LogP contribution < -0.4 is 0 Å². The number of rotatable bonds is 4. The average molecular weight is 268 g/mol. The molecule has 0 spiro atoms. The highest BCUT2D eigenvalue weighted by Crippen LogP contribution is 2.40. The smallest absolute Gasteiger partial charge is 0.342 e. The van der Waals surface area contributed by atoms with Crippen LogP contribution in [0.1, 0.15) is 19.8 Å². The zero-order chi connectivity index (χ0) is 13.3. The van der Waals surface area contributed by atoms with Crippen LogP contribution in [-0.4, -0.2) is 39.6 Å². The van der Waals surface area contributed by atoms with Crippen LogP contribution in [0, 0.1) is 5.92 Å². The molecule has 0 aromatic rings. The number of aliphatic carboxylic acids is 1. The van der Waals surface area contributed by atoms with Gasteiger partial charge in [0.25, 0.3) is 5.91 Å². The second kappa shape index (κ2) is 5.03. The van der Waals surface area contributed by atoms with Crippen molar-refractivity contribution in [3.63, 3.8) is 0 Å². The van der Waals surface area contributed by atoms with Crippen molar-refractivity contribution < 1.29 is 19.8 Å². The SMILES string of the molecule is CC1=C(C(=O)O)SC2=NC(CCCO)=NC(=O)C21. The van der Waals surface area contributed by atoms with Crippen molar-refractivity contribution in [2.45, 2.75) is 19.8 Å². The largest absolute Gasteiger partial charge is 0.477 e.